The van der Waals surface area contributed by atoms with Gasteiger partial charge < -0.3 is 10.3 Å². The number of benzene rings is 1. The summed E-state index contributed by atoms with van der Waals surface area (Å²) in [5, 5.41) is 8.82. The van der Waals surface area contributed by atoms with Gasteiger partial charge in [-0.05, 0) is 19.1 Å². The van der Waals surface area contributed by atoms with E-state index in [1.54, 1.807) is 12.1 Å². The highest BCUT2D eigenvalue weighted by Crippen LogP contribution is 2.21. The largest absolute Gasteiger partial charge is 0.398 e. The topological polar surface area (TPSA) is 67.6 Å². The number of nitrogens with two attached hydrogens (primary N) is 1. The summed E-state index contributed by atoms with van der Waals surface area (Å²) >= 11 is 0. The molecule has 0 aliphatic carbocycles. The number of nitrogen functional groups attached to an aromatic ring is 1. The van der Waals surface area contributed by atoms with Crippen LogP contribution >= 0.6 is 0 Å². The summed E-state index contributed by atoms with van der Waals surface area (Å²) in [6, 6.07) is 5.56. The summed E-state index contributed by atoms with van der Waals surface area (Å²) in [6.07, 6.45) is 0. The van der Waals surface area contributed by atoms with Crippen LogP contribution in [0.1, 0.15) is 11.4 Å². The predicted octanol–water partition coefficient (Wildman–Crippen LogP) is 1.34. The SMILES string of the molecule is Cc1nc2cc(N)c(C#N)cc2n1C. The van der Waals surface area contributed by atoms with E-state index in [-0.39, 0.29) is 0 Å². The number of hydrogen-bond donors (Lipinski definition) is 1. The second-order valence-corrected chi connectivity index (χ2v) is 3.26. The van der Waals surface area contributed by atoms with Gasteiger partial charge in [0.25, 0.3) is 0 Å². The van der Waals surface area contributed by atoms with Crippen LogP contribution in [0, 0.1) is 18.3 Å². The molecule has 14 heavy (non-hydrogen) atoms. The highest BCUT2D eigenvalue weighted by atomic mass is 15.0. The molecule has 0 saturated carbocycles. The molecule has 0 saturated heterocycles. The number of aryl methyl sites for hydroxylation is 2. The van der Waals surface area contributed by atoms with Crippen LogP contribution in [0.2, 0.25) is 0 Å². The normalized spacial score (nSPS) is 10.4. The lowest BCUT2D eigenvalue weighted by Gasteiger charge is -1.99. The van der Waals surface area contributed by atoms with E-state index in [2.05, 4.69) is 11.1 Å². The number of rotatable bonds is 0. The summed E-state index contributed by atoms with van der Waals surface area (Å²) in [5.41, 5.74) is 8.44. The Morgan fingerprint density at radius 2 is 2.21 bits per heavy atom. The number of hydrogen-bond acceptors (Lipinski definition) is 3. The van der Waals surface area contributed by atoms with Gasteiger partial charge in [-0.3, -0.25) is 0 Å². The minimum Gasteiger partial charge on any atom is -0.398 e. The third kappa shape index (κ3) is 1.03. The molecule has 0 unspecified atom stereocenters. The molecule has 2 N–H and O–H groups in total. The molecule has 4 nitrogen and oxygen atoms in total. The zero-order valence-corrected chi connectivity index (χ0v) is 8.07. The minimum absolute atomic E-state index is 0.484. The van der Waals surface area contributed by atoms with E-state index in [1.165, 1.54) is 0 Å². The van der Waals surface area contributed by atoms with Gasteiger partial charge in [0.15, 0.2) is 0 Å². The smallest absolute Gasteiger partial charge is 0.106 e. The van der Waals surface area contributed by atoms with E-state index in [0.717, 1.165) is 16.9 Å². The van der Waals surface area contributed by atoms with Gasteiger partial charge in [0, 0.05) is 7.05 Å². The standard InChI is InChI=1S/C10H10N4/c1-6-13-9-4-8(12)7(5-11)3-10(9)14(6)2/h3-4H,12H2,1-2H3. The van der Waals surface area contributed by atoms with Crippen LogP contribution in [-0.4, -0.2) is 9.55 Å². The highest BCUT2D eigenvalue weighted by molar-refractivity contribution is 5.82. The average molecular weight is 186 g/mol. The quantitative estimate of drug-likeness (QED) is 0.631. The van der Waals surface area contributed by atoms with E-state index in [9.17, 15) is 0 Å². The Balaban J connectivity index is 2.88. The Kier molecular flexibility index (Phi) is 1.68. The third-order valence-corrected chi connectivity index (χ3v) is 2.40. The molecule has 2 aromatic rings. The molecule has 1 heterocycles. The van der Waals surface area contributed by atoms with Gasteiger partial charge in [-0.25, -0.2) is 4.98 Å². The first-order valence-corrected chi connectivity index (χ1v) is 4.26. The van der Waals surface area contributed by atoms with E-state index < -0.39 is 0 Å². The summed E-state index contributed by atoms with van der Waals surface area (Å²) in [4.78, 5) is 4.32. The molecule has 0 radical (unpaired) electrons. The number of anilines is 1. The fraction of sp³-hybridized carbons (Fsp3) is 0.200. The van der Waals surface area contributed by atoms with Crippen molar-refractivity contribution in [1.82, 2.24) is 9.55 Å². The summed E-state index contributed by atoms with van der Waals surface area (Å²) in [6.45, 7) is 1.92. The van der Waals surface area contributed by atoms with Crippen molar-refractivity contribution >= 4 is 16.7 Å². The van der Waals surface area contributed by atoms with Crippen molar-refractivity contribution in [2.24, 2.45) is 7.05 Å². The lowest BCUT2D eigenvalue weighted by atomic mass is 10.2. The van der Waals surface area contributed by atoms with Crippen LogP contribution in [0.4, 0.5) is 5.69 Å². The van der Waals surface area contributed by atoms with Gasteiger partial charge in [0.2, 0.25) is 0 Å². The molecule has 0 fully saturated rings. The minimum atomic E-state index is 0.484. The second kappa shape index (κ2) is 2.74. The number of aromatic nitrogens is 2. The van der Waals surface area contributed by atoms with Crippen LogP contribution in [0.15, 0.2) is 12.1 Å². The Labute approximate surface area is 81.6 Å². The monoisotopic (exact) mass is 186 g/mol. The molecule has 2 rings (SSSR count). The van der Waals surface area contributed by atoms with Gasteiger partial charge >= 0.3 is 0 Å². The maximum atomic E-state index is 8.82. The summed E-state index contributed by atoms with van der Waals surface area (Å²) in [5.74, 6) is 0.912. The number of imidazole rings is 1. The lowest BCUT2D eigenvalue weighted by Crippen LogP contribution is -1.93. The maximum absolute atomic E-state index is 8.82. The van der Waals surface area contributed by atoms with Crippen LogP contribution in [0.5, 0.6) is 0 Å². The first kappa shape index (κ1) is 8.57. The Hall–Kier alpha value is -2.02. The first-order valence-electron chi connectivity index (χ1n) is 4.26. The van der Waals surface area contributed by atoms with E-state index in [1.807, 2.05) is 18.5 Å². The number of fused-ring (bicyclic) bond motifs is 1. The molecule has 0 aliphatic heterocycles. The zero-order chi connectivity index (χ0) is 10.3. The van der Waals surface area contributed by atoms with Gasteiger partial charge in [0.1, 0.15) is 11.9 Å². The summed E-state index contributed by atoms with van der Waals surface area (Å²) in [7, 11) is 1.92. The molecule has 0 spiro atoms. The zero-order valence-electron chi connectivity index (χ0n) is 8.07. The Bertz CT molecular complexity index is 545. The van der Waals surface area contributed by atoms with Gasteiger partial charge in [-0.2, -0.15) is 5.26 Å². The Morgan fingerprint density at radius 3 is 2.86 bits per heavy atom. The first-order chi connectivity index (χ1) is 6.63. The van der Waals surface area contributed by atoms with E-state index in [0.29, 0.717) is 11.3 Å². The predicted molar refractivity (Wildman–Crippen MR) is 54.6 cm³/mol. The number of nitriles is 1. The lowest BCUT2D eigenvalue weighted by molar-refractivity contribution is 0.886. The molecule has 0 bridgehead atoms. The average Bonchev–Trinajstić information content (AvgIpc) is 2.41. The van der Waals surface area contributed by atoms with Crippen LogP contribution in [0.25, 0.3) is 11.0 Å². The van der Waals surface area contributed by atoms with Crippen molar-refractivity contribution in [2.45, 2.75) is 6.92 Å². The molecular weight excluding hydrogens is 176 g/mol. The van der Waals surface area contributed by atoms with Crippen molar-refractivity contribution in [2.75, 3.05) is 5.73 Å². The molecule has 1 aromatic carbocycles. The Morgan fingerprint density at radius 1 is 1.50 bits per heavy atom. The number of nitrogens with zero attached hydrogens (tertiary/aromatic N) is 3. The fourth-order valence-corrected chi connectivity index (χ4v) is 1.47. The van der Waals surface area contributed by atoms with Crippen molar-refractivity contribution in [1.29, 1.82) is 5.26 Å². The second-order valence-electron chi connectivity index (χ2n) is 3.26. The molecular formula is C10H10N4. The van der Waals surface area contributed by atoms with Crippen molar-refractivity contribution in [3.05, 3.63) is 23.5 Å². The molecule has 0 aliphatic rings. The molecule has 4 heteroatoms. The van der Waals surface area contributed by atoms with Gasteiger partial charge in [-0.15, -0.1) is 0 Å². The van der Waals surface area contributed by atoms with E-state index in [4.69, 9.17) is 11.0 Å². The van der Waals surface area contributed by atoms with Crippen LogP contribution < -0.4 is 5.73 Å². The van der Waals surface area contributed by atoms with Crippen LogP contribution in [0.3, 0.4) is 0 Å². The molecule has 0 amide bonds. The maximum Gasteiger partial charge on any atom is 0.106 e. The summed E-state index contributed by atoms with van der Waals surface area (Å²) < 4.78 is 1.94. The molecule has 0 atom stereocenters. The van der Waals surface area contributed by atoms with Gasteiger partial charge in [-0.1, -0.05) is 0 Å². The van der Waals surface area contributed by atoms with Crippen LogP contribution in [-0.2, 0) is 7.05 Å². The van der Waals surface area contributed by atoms with Gasteiger partial charge in [0.05, 0.1) is 22.3 Å². The van der Waals surface area contributed by atoms with E-state index >= 15 is 0 Å². The molecule has 1 aromatic heterocycles. The highest BCUT2D eigenvalue weighted by Gasteiger charge is 2.07. The molecule has 70 valence electrons. The van der Waals surface area contributed by atoms with Crippen molar-refractivity contribution < 1.29 is 0 Å². The fourth-order valence-electron chi connectivity index (χ4n) is 1.47. The van der Waals surface area contributed by atoms with Crippen molar-refractivity contribution in [3.63, 3.8) is 0 Å². The van der Waals surface area contributed by atoms with Crippen molar-refractivity contribution in [3.8, 4) is 6.07 Å². The third-order valence-electron chi connectivity index (χ3n) is 2.40.